The van der Waals surface area contributed by atoms with Crippen molar-refractivity contribution in [2.45, 2.75) is 45.3 Å². The molecule has 0 bridgehead atoms. The Bertz CT molecular complexity index is 312. The third-order valence-corrected chi connectivity index (χ3v) is 4.41. The summed E-state index contributed by atoms with van der Waals surface area (Å²) in [6.07, 6.45) is 1.87. The molecule has 1 aromatic heterocycles. The minimum atomic E-state index is -0.216. The Hall–Kier alpha value is -0.420. The summed E-state index contributed by atoms with van der Waals surface area (Å²) in [7, 11) is 1.76. The van der Waals surface area contributed by atoms with Crippen LogP contribution in [0.3, 0.4) is 0 Å². The van der Waals surface area contributed by atoms with E-state index in [1.54, 1.807) is 18.4 Å². The highest BCUT2D eigenvalue weighted by Gasteiger charge is 2.37. The zero-order valence-corrected chi connectivity index (χ0v) is 11.4. The molecule has 4 heteroatoms. The monoisotopic (exact) mass is 242 g/mol. The van der Waals surface area contributed by atoms with Gasteiger partial charge in [-0.15, -0.1) is 11.3 Å². The third-order valence-electron chi connectivity index (χ3n) is 3.34. The van der Waals surface area contributed by atoms with Crippen molar-refractivity contribution in [2.75, 3.05) is 7.11 Å². The van der Waals surface area contributed by atoms with Crippen LogP contribution in [0.1, 0.15) is 42.5 Å². The highest BCUT2D eigenvalue weighted by atomic mass is 32.1. The number of ether oxygens (including phenoxy) is 1. The highest BCUT2D eigenvalue weighted by molar-refractivity contribution is 7.12. The van der Waals surface area contributed by atoms with Gasteiger partial charge in [-0.3, -0.25) is 5.84 Å². The summed E-state index contributed by atoms with van der Waals surface area (Å²) in [5.74, 6) is 5.70. The Balaban J connectivity index is 3.04. The van der Waals surface area contributed by atoms with Gasteiger partial charge in [0.1, 0.15) is 0 Å². The van der Waals surface area contributed by atoms with Crippen LogP contribution in [-0.2, 0) is 4.74 Å². The van der Waals surface area contributed by atoms with Crippen molar-refractivity contribution in [2.24, 2.45) is 5.84 Å². The van der Waals surface area contributed by atoms with Crippen molar-refractivity contribution < 1.29 is 4.74 Å². The van der Waals surface area contributed by atoms with Crippen LogP contribution in [0.2, 0.25) is 0 Å². The molecule has 1 rings (SSSR count). The fourth-order valence-corrected chi connectivity index (χ4v) is 3.21. The van der Waals surface area contributed by atoms with Crippen molar-refractivity contribution >= 4 is 11.3 Å². The lowest BCUT2D eigenvalue weighted by atomic mass is 9.87. The van der Waals surface area contributed by atoms with Gasteiger partial charge in [0.05, 0.1) is 11.6 Å². The standard InChI is InChI=1S/C12H22N2OS/c1-5-12(6-2,15-4)11(14-13)10-8-7-9(3)16-10/h7-8,11,14H,5-6,13H2,1-4H3. The molecule has 1 heterocycles. The van der Waals surface area contributed by atoms with Gasteiger partial charge < -0.3 is 4.74 Å². The molecule has 0 radical (unpaired) electrons. The third kappa shape index (κ3) is 2.46. The van der Waals surface area contributed by atoms with Crippen LogP contribution in [0.25, 0.3) is 0 Å². The molecule has 0 spiro atoms. The van der Waals surface area contributed by atoms with E-state index in [0.29, 0.717) is 0 Å². The van der Waals surface area contributed by atoms with Gasteiger partial charge in [0, 0.05) is 16.9 Å². The minimum absolute atomic E-state index is 0.0613. The number of thiophene rings is 1. The summed E-state index contributed by atoms with van der Waals surface area (Å²) in [5, 5.41) is 0. The van der Waals surface area contributed by atoms with Crippen molar-refractivity contribution in [1.29, 1.82) is 0 Å². The number of aryl methyl sites for hydroxylation is 1. The lowest BCUT2D eigenvalue weighted by Crippen LogP contribution is -2.47. The molecular formula is C12H22N2OS. The van der Waals surface area contributed by atoms with Crippen molar-refractivity contribution in [3.05, 3.63) is 21.9 Å². The van der Waals surface area contributed by atoms with Gasteiger partial charge in [-0.2, -0.15) is 0 Å². The summed E-state index contributed by atoms with van der Waals surface area (Å²) < 4.78 is 5.72. The van der Waals surface area contributed by atoms with Crippen LogP contribution in [0, 0.1) is 6.92 Å². The quantitative estimate of drug-likeness (QED) is 0.595. The zero-order valence-electron chi connectivity index (χ0n) is 10.5. The first kappa shape index (κ1) is 13.6. The fourth-order valence-electron chi connectivity index (χ4n) is 2.17. The van der Waals surface area contributed by atoms with Gasteiger partial charge in [-0.05, 0) is 31.9 Å². The Labute approximate surface area is 102 Å². The molecule has 0 aromatic carbocycles. The molecule has 0 fully saturated rings. The molecule has 1 atom stereocenters. The number of nitrogens with two attached hydrogens (primary N) is 1. The topological polar surface area (TPSA) is 47.3 Å². The van der Waals surface area contributed by atoms with Crippen LogP contribution in [-0.4, -0.2) is 12.7 Å². The Kier molecular flexibility index (Phi) is 4.92. The molecule has 0 saturated heterocycles. The Morgan fingerprint density at radius 3 is 2.38 bits per heavy atom. The Morgan fingerprint density at radius 1 is 1.44 bits per heavy atom. The van der Waals surface area contributed by atoms with E-state index in [9.17, 15) is 0 Å². The van der Waals surface area contributed by atoms with Gasteiger partial charge in [0.2, 0.25) is 0 Å². The molecule has 1 aromatic rings. The minimum Gasteiger partial charge on any atom is -0.376 e. The van der Waals surface area contributed by atoms with E-state index in [2.05, 4.69) is 38.3 Å². The predicted octanol–water partition coefficient (Wildman–Crippen LogP) is 2.77. The van der Waals surface area contributed by atoms with Crippen LogP contribution < -0.4 is 11.3 Å². The van der Waals surface area contributed by atoms with E-state index in [0.717, 1.165) is 12.8 Å². The summed E-state index contributed by atoms with van der Waals surface area (Å²) in [6, 6.07) is 4.31. The number of hydrazine groups is 1. The molecule has 1 unspecified atom stereocenters. The molecule has 92 valence electrons. The fraction of sp³-hybridized carbons (Fsp3) is 0.667. The number of hydrogen-bond donors (Lipinski definition) is 2. The van der Waals surface area contributed by atoms with Gasteiger partial charge in [-0.1, -0.05) is 13.8 Å². The summed E-state index contributed by atoms with van der Waals surface area (Å²) >= 11 is 1.77. The zero-order chi connectivity index (χ0) is 12.2. The van der Waals surface area contributed by atoms with E-state index in [-0.39, 0.29) is 11.6 Å². The van der Waals surface area contributed by atoms with Crippen molar-refractivity contribution in [3.63, 3.8) is 0 Å². The molecular weight excluding hydrogens is 220 g/mol. The lowest BCUT2D eigenvalue weighted by molar-refractivity contribution is -0.0477. The van der Waals surface area contributed by atoms with Gasteiger partial charge in [-0.25, -0.2) is 5.43 Å². The van der Waals surface area contributed by atoms with Crippen LogP contribution in [0.5, 0.6) is 0 Å². The second-order valence-electron chi connectivity index (χ2n) is 4.02. The molecule has 0 saturated carbocycles. The van der Waals surface area contributed by atoms with E-state index < -0.39 is 0 Å². The first-order valence-corrected chi connectivity index (χ1v) is 6.52. The average Bonchev–Trinajstić information content (AvgIpc) is 2.72. The molecule has 0 aliphatic carbocycles. The number of rotatable bonds is 6. The van der Waals surface area contributed by atoms with Gasteiger partial charge in [0.25, 0.3) is 0 Å². The lowest BCUT2D eigenvalue weighted by Gasteiger charge is -2.37. The largest absolute Gasteiger partial charge is 0.376 e. The second-order valence-corrected chi connectivity index (χ2v) is 5.34. The van der Waals surface area contributed by atoms with E-state index in [1.807, 2.05) is 0 Å². The molecule has 0 aliphatic rings. The van der Waals surface area contributed by atoms with Crippen molar-refractivity contribution in [1.82, 2.24) is 5.43 Å². The van der Waals surface area contributed by atoms with Crippen LogP contribution >= 0.6 is 11.3 Å². The second kappa shape index (κ2) is 5.77. The number of methoxy groups -OCH3 is 1. The van der Waals surface area contributed by atoms with Gasteiger partial charge in [0.15, 0.2) is 0 Å². The van der Waals surface area contributed by atoms with E-state index in [1.165, 1.54) is 9.75 Å². The van der Waals surface area contributed by atoms with Crippen LogP contribution in [0.4, 0.5) is 0 Å². The molecule has 3 nitrogen and oxygen atoms in total. The summed E-state index contributed by atoms with van der Waals surface area (Å²) in [4.78, 5) is 2.54. The number of hydrogen-bond acceptors (Lipinski definition) is 4. The van der Waals surface area contributed by atoms with Crippen molar-refractivity contribution in [3.8, 4) is 0 Å². The molecule has 16 heavy (non-hydrogen) atoms. The summed E-state index contributed by atoms with van der Waals surface area (Å²) in [5.41, 5.74) is 2.69. The predicted molar refractivity (Wildman–Crippen MR) is 69.4 cm³/mol. The Morgan fingerprint density at radius 2 is 2.06 bits per heavy atom. The van der Waals surface area contributed by atoms with E-state index >= 15 is 0 Å². The first-order valence-electron chi connectivity index (χ1n) is 5.71. The maximum Gasteiger partial charge on any atom is 0.0888 e. The smallest absolute Gasteiger partial charge is 0.0888 e. The molecule has 0 aliphatic heterocycles. The maximum atomic E-state index is 5.72. The molecule has 3 N–H and O–H groups in total. The van der Waals surface area contributed by atoms with Crippen LogP contribution in [0.15, 0.2) is 12.1 Å². The van der Waals surface area contributed by atoms with Gasteiger partial charge >= 0.3 is 0 Å². The molecule has 0 amide bonds. The number of nitrogens with one attached hydrogen (secondary N) is 1. The average molecular weight is 242 g/mol. The normalized spacial score (nSPS) is 14.1. The van der Waals surface area contributed by atoms with E-state index in [4.69, 9.17) is 10.6 Å². The SMILES string of the molecule is CCC(CC)(OC)C(NN)c1ccc(C)s1. The summed E-state index contributed by atoms with van der Waals surface area (Å²) in [6.45, 7) is 6.38. The first-order chi connectivity index (χ1) is 7.63. The maximum absolute atomic E-state index is 5.72. The highest BCUT2D eigenvalue weighted by Crippen LogP contribution is 2.37.